The molecule has 0 fully saturated rings. The van der Waals surface area contributed by atoms with Crippen molar-refractivity contribution >= 4 is 17.6 Å². The van der Waals surface area contributed by atoms with Crippen molar-refractivity contribution in [3.63, 3.8) is 0 Å². The summed E-state index contributed by atoms with van der Waals surface area (Å²) >= 11 is 5.97. The average Bonchev–Trinajstić information content (AvgIpc) is 2.38. The number of ether oxygens (including phenoxy) is 1. The Morgan fingerprint density at radius 1 is 1.16 bits per heavy atom. The molecule has 1 N–H and O–H groups in total. The minimum absolute atomic E-state index is 0.107. The molecule has 4 heteroatoms. The minimum atomic E-state index is -1.03. The summed E-state index contributed by atoms with van der Waals surface area (Å²) in [6.45, 7) is 1.95. The second-order valence-electron chi connectivity index (χ2n) is 4.18. The molecule has 0 saturated heterocycles. The van der Waals surface area contributed by atoms with Crippen molar-refractivity contribution in [3.8, 4) is 16.9 Å². The van der Waals surface area contributed by atoms with Crippen LogP contribution in [0.1, 0.15) is 15.9 Å². The van der Waals surface area contributed by atoms with Gasteiger partial charge in [0.15, 0.2) is 0 Å². The van der Waals surface area contributed by atoms with Crippen LogP contribution in [-0.4, -0.2) is 18.2 Å². The van der Waals surface area contributed by atoms with Crippen LogP contribution in [0.3, 0.4) is 0 Å². The van der Waals surface area contributed by atoms with Crippen LogP contribution in [0.2, 0.25) is 5.02 Å². The first-order valence-electron chi connectivity index (χ1n) is 5.71. The van der Waals surface area contributed by atoms with Gasteiger partial charge in [-0.3, -0.25) is 0 Å². The minimum Gasteiger partial charge on any atom is -0.496 e. The van der Waals surface area contributed by atoms with Crippen molar-refractivity contribution in [2.45, 2.75) is 6.92 Å². The van der Waals surface area contributed by atoms with Gasteiger partial charge in [0.25, 0.3) is 0 Å². The molecule has 0 unspecified atom stereocenters. The molecule has 0 aliphatic rings. The van der Waals surface area contributed by atoms with E-state index in [1.165, 1.54) is 6.07 Å². The van der Waals surface area contributed by atoms with Gasteiger partial charge in [-0.1, -0.05) is 23.7 Å². The van der Waals surface area contributed by atoms with E-state index in [0.29, 0.717) is 0 Å². The maximum Gasteiger partial charge on any atom is 0.337 e. The summed E-state index contributed by atoms with van der Waals surface area (Å²) < 4.78 is 5.21. The molecule has 3 nitrogen and oxygen atoms in total. The number of carboxylic acid groups (broad SMARTS) is 1. The molecule has 0 bridgehead atoms. The number of hydrogen-bond donors (Lipinski definition) is 1. The molecule has 0 aliphatic heterocycles. The zero-order chi connectivity index (χ0) is 14.0. The summed E-state index contributed by atoms with van der Waals surface area (Å²) in [6.07, 6.45) is 0. The van der Waals surface area contributed by atoms with E-state index in [0.717, 1.165) is 22.4 Å². The Kier molecular flexibility index (Phi) is 3.76. The number of aryl methyl sites for hydroxylation is 1. The normalized spacial score (nSPS) is 10.3. The lowest BCUT2D eigenvalue weighted by molar-refractivity contribution is 0.0697. The molecule has 0 saturated carbocycles. The van der Waals surface area contributed by atoms with Gasteiger partial charge in [-0.2, -0.15) is 0 Å². The molecule has 0 atom stereocenters. The van der Waals surface area contributed by atoms with Gasteiger partial charge in [0.1, 0.15) is 5.75 Å². The van der Waals surface area contributed by atoms with Gasteiger partial charge in [-0.05, 0) is 47.9 Å². The monoisotopic (exact) mass is 276 g/mol. The third-order valence-electron chi connectivity index (χ3n) is 2.93. The first kappa shape index (κ1) is 13.4. The van der Waals surface area contributed by atoms with E-state index in [-0.39, 0.29) is 10.6 Å². The van der Waals surface area contributed by atoms with Crippen LogP contribution in [0.5, 0.6) is 5.75 Å². The molecular weight excluding hydrogens is 264 g/mol. The highest BCUT2D eigenvalue weighted by Crippen LogP contribution is 2.29. The quantitative estimate of drug-likeness (QED) is 0.921. The summed E-state index contributed by atoms with van der Waals surface area (Å²) in [5.41, 5.74) is 2.96. The SMILES string of the molecule is COc1ccc(-c2ccc(C(=O)O)c(Cl)c2)cc1C. The number of rotatable bonds is 3. The van der Waals surface area contributed by atoms with Crippen LogP contribution in [0.4, 0.5) is 0 Å². The second-order valence-corrected chi connectivity index (χ2v) is 4.59. The third-order valence-corrected chi connectivity index (χ3v) is 3.24. The first-order chi connectivity index (χ1) is 9.02. The van der Waals surface area contributed by atoms with Crippen molar-refractivity contribution in [2.24, 2.45) is 0 Å². The highest BCUT2D eigenvalue weighted by atomic mass is 35.5. The zero-order valence-electron chi connectivity index (χ0n) is 10.6. The largest absolute Gasteiger partial charge is 0.496 e. The van der Waals surface area contributed by atoms with E-state index < -0.39 is 5.97 Å². The van der Waals surface area contributed by atoms with Gasteiger partial charge in [0.2, 0.25) is 0 Å². The Balaban J connectivity index is 2.45. The van der Waals surface area contributed by atoms with Crippen LogP contribution in [0, 0.1) is 6.92 Å². The summed E-state index contributed by atoms with van der Waals surface area (Å²) in [6, 6.07) is 10.7. The molecule has 0 amide bonds. The van der Waals surface area contributed by atoms with Gasteiger partial charge in [-0.15, -0.1) is 0 Å². The number of hydrogen-bond acceptors (Lipinski definition) is 2. The van der Waals surface area contributed by atoms with Crippen LogP contribution >= 0.6 is 11.6 Å². The Labute approximate surface area is 116 Å². The van der Waals surface area contributed by atoms with E-state index in [1.807, 2.05) is 25.1 Å². The second kappa shape index (κ2) is 5.33. The molecular formula is C15H13ClO3. The van der Waals surface area contributed by atoms with E-state index in [4.69, 9.17) is 21.4 Å². The third kappa shape index (κ3) is 2.71. The maximum atomic E-state index is 10.9. The molecule has 2 rings (SSSR count). The molecule has 0 aromatic heterocycles. The lowest BCUT2D eigenvalue weighted by Crippen LogP contribution is -1.97. The van der Waals surface area contributed by atoms with Crippen LogP contribution < -0.4 is 4.74 Å². The fourth-order valence-corrected chi connectivity index (χ4v) is 2.19. The molecule has 98 valence electrons. The average molecular weight is 277 g/mol. The van der Waals surface area contributed by atoms with E-state index in [1.54, 1.807) is 19.2 Å². The van der Waals surface area contributed by atoms with Gasteiger partial charge in [0, 0.05) is 0 Å². The molecule has 0 spiro atoms. The number of benzene rings is 2. The molecule has 0 heterocycles. The van der Waals surface area contributed by atoms with E-state index in [9.17, 15) is 4.79 Å². The summed E-state index contributed by atoms with van der Waals surface area (Å²) in [7, 11) is 1.63. The van der Waals surface area contributed by atoms with Gasteiger partial charge >= 0.3 is 5.97 Å². The summed E-state index contributed by atoms with van der Waals surface area (Å²) in [5, 5.41) is 9.17. The molecule has 0 aliphatic carbocycles. The Morgan fingerprint density at radius 2 is 1.79 bits per heavy atom. The Bertz CT molecular complexity index is 635. The molecule has 0 radical (unpaired) electrons. The highest BCUT2D eigenvalue weighted by molar-refractivity contribution is 6.33. The Hall–Kier alpha value is -2.00. The number of methoxy groups -OCH3 is 1. The number of carboxylic acids is 1. The van der Waals surface area contributed by atoms with Crippen LogP contribution in [0.15, 0.2) is 36.4 Å². The number of carbonyl (C=O) groups is 1. The first-order valence-corrected chi connectivity index (χ1v) is 6.08. The van der Waals surface area contributed by atoms with Gasteiger partial charge < -0.3 is 9.84 Å². The lowest BCUT2D eigenvalue weighted by atomic mass is 10.0. The van der Waals surface area contributed by atoms with Crippen molar-refractivity contribution < 1.29 is 14.6 Å². The number of halogens is 1. The fourth-order valence-electron chi connectivity index (χ4n) is 1.93. The summed E-state index contributed by atoms with van der Waals surface area (Å²) in [4.78, 5) is 10.9. The number of aromatic carboxylic acids is 1. The van der Waals surface area contributed by atoms with Crippen LogP contribution in [-0.2, 0) is 0 Å². The van der Waals surface area contributed by atoms with Gasteiger partial charge in [-0.25, -0.2) is 4.79 Å². The molecule has 2 aromatic rings. The summed E-state index contributed by atoms with van der Waals surface area (Å²) in [5.74, 6) is -0.209. The molecule has 2 aromatic carbocycles. The highest BCUT2D eigenvalue weighted by Gasteiger charge is 2.10. The fraction of sp³-hybridized carbons (Fsp3) is 0.133. The topological polar surface area (TPSA) is 46.5 Å². The zero-order valence-corrected chi connectivity index (χ0v) is 11.4. The van der Waals surface area contributed by atoms with Crippen molar-refractivity contribution in [3.05, 3.63) is 52.5 Å². The predicted octanol–water partition coefficient (Wildman–Crippen LogP) is 4.02. The van der Waals surface area contributed by atoms with E-state index in [2.05, 4.69) is 0 Å². The van der Waals surface area contributed by atoms with Crippen molar-refractivity contribution in [1.29, 1.82) is 0 Å². The predicted molar refractivity (Wildman–Crippen MR) is 75.1 cm³/mol. The van der Waals surface area contributed by atoms with E-state index >= 15 is 0 Å². The van der Waals surface area contributed by atoms with Crippen LogP contribution in [0.25, 0.3) is 11.1 Å². The maximum absolute atomic E-state index is 10.9. The Morgan fingerprint density at radius 3 is 2.32 bits per heavy atom. The lowest BCUT2D eigenvalue weighted by Gasteiger charge is -2.08. The molecule has 19 heavy (non-hydrogen) atoms. The smallest absolute Gasteiger partial charge is 0.337 e. The van der Waals surface area contributed by atoms with Gasteiger partial charge in [0.05, 0.1) is 17.7 Å². The standard InChI is InChI=1S/C15H13ClO3/c1-9-7-10(4-6-14(9)19-2)11-3-5-12(15(17)18)13(16)8-11/h3-8H,1-2H3,(H,17,18). The van der Waals surface area contributed by atoms with Crippen molar-refractivity contribution in [2.75, 3.05) is 7.11 Å². The van der Waals surface area contributed by atoms with Crippen molar-refractivity contribution in [1.82, 2.24) is 0 Å².